The number of anilines is 2. The summed E-state index contributed by atoms with van der Waals surface area (Å²) in [4.78, 5) is 2.20. The fourth-order valence-electron chi connectivity index (χ4n) is 2.57. The van der Waals surface area contributed by atoms with Crippen molar-refractivity contribution in [2.45, 2.75) is 26.8 Å². The van der Waals surface area contributed by atoms with Gasteiger partial charge in [-0.05, 0) is 38.1 Å². The number of hydrogen-bond donors (Lipinski definition) is 1. The minimum atomic E-state index is 0.826. The Morgan fingerprint density at radius 1 is 1.25 bits per heavy atom. The molecule has 0 saturated heterocycles. The van der Waals surface area contributed by atoms with E-state index in [4.69, 9.17) is 0 Å². The Hall–Kier alpha value is -1.81. The van der Waals surface area contributed by atoms with E-state index in [-0.39, 0.29) is 0 Å². The molecule has 1 heterocycles. The van der Waals surface area contributed by atoms with Gasteiger partial charge in [0.2, 0.25) is 0 Å². The summed E-state index contributed by atoms with van der Waals surface area (Å²) in [6.07, 6.45) is 1.07. The molecule has 0 bridgehead atoms. The van der Waals surface area contributed by atoms with Crippen molar-refractivity contribution in [3.05, 3.63) is 41.1 Å². The summed E-state index contributed by atoms with van der Waals surface area (Å²) < 4.78 is 1.95. The number of hydrogen-bond acceptors (Lipinski definition) is 3. The van der Waals surface area contributed by atoms with E-state index >= 15 is 0 Å². The second-order valence-corrected chi connectivity index (χ2v) is 5.12. The van der Waals surface area contributed by atoms with Crippen molar-refractivity contribution < 1.29 is 0 Å². The quantitative estimate of drug-likeness (QED) is 0.908. The molecule has 0 aliphatic heterocycles. The molecule has 1 N–H and O–H groups in total. The maximum atomic E-state index is 4.54. The topological polar surface area (TPSA) is 33.1 Å². The van der Waals surface area contributed by atoms with Crippen LogP contribution in [0.1, 0.15) is 23.7 Å². The van der Waals surface area contributed by atoms with Gasteiger partial charge in [-0.2, -0.15) is 5.10 Å². The zero-order chi connectivity index (χ0) is 14.7. The number of benzene rings is 1. The van der Waals surface area contributed by atoms with Crippen LogP contribution in [0.5, 0.6) is 0 Å². The Kier molecular flexibility index (Phi) is 4.45. The van der Waals surface area contributed by atoms with Crippen molar-refractivity contribution >= 4 is 11.5 Å². The molecule has 0 amide bonds. The third-order valence-corrected chi connectivity index (χ3v) is 3.72. The lowest BCUT2D eigenvalue weighted by molar-refractivity contribution is 0.749. The molecule has 0 atom stereocenters. The van der Waals surface area contributed by atoms with E-state index in [2.05, 4.69) is 60.5 Å². The molecule has 0 spiro atoms. The maximum absolute atomic E-state index is 4.54. The predicted octanol–water partition coefficient (Wildman–Crippen LogP) is 2.78. The fourth-order valence-corrected chi connectivity index (χ4v) is 2.57. The molecule has 0 aliphatic rings. The van der Waals surface area contributed by atoms with E-state index in [0.717, 1.165) is 24.5 Å². The second kappa shape index (κ2) is 6.09. The molecule has 2 aromatic rings. The van der Waals surface area contributed by atoms with Gasteiger partial charge in [-0.25, -0.2) is 0 Å². The van der Waals surface area contributed by atoms with E-state index in [1.807, 2.05) is 18.8 Å². The molecule has 1 aromatic heterocycles. The van der Waals surface area contributed by atoms with Crippen molar-refractivity contribution in [1.29, 1.82) is 0 Å². The molecule has 0 aliphatic carbocycles. The van der Waals surface area contributed by atoms with Crippen LogP contribution in [0.15, 0.2) is 24.3 Å². The summed E-state index contributed by atoms with van der Waals surface area (Å²) in [7, 11) is 6.06. The van der Waals surface area contributed by atoms with Gasteiger partial charge in [-0.1, -0.05) is 19.1 Å². The Morgan fingerprint density at radius 3 is 2.45 bits per heavy atom. The average molecular weight is 272 g/mol. The molecule has 20 heavy (non-hydrogen) atoms. The van der Waals surface area contributed by atoms with Gasteiger partial charge in [0, 0.05) is 31.9 Å². The van der Waals surface area contributed by atoms with Gasteiger partial charge in [-0.15, -0.1) is 0 Å². The second-order valence-electron chi connectivity index (χ2n) is 5.12. The van der Waals surface area contributed by atoms with E-state index in [9.17, 15) is 0 Å². The minimum absolute atomic E-state index is 0.826. The van der Waals surface area contributed by atoms with Crippen molar-refractivity contribution in [3.63, 3.8) is 0 Å². The Morgan fingerprint density at radius 2 is 1.90 bits per heavy atom. The first-order valence-electron chi connectivity index (χ1n) is 7.08. The van der Waals surface area contributed by atoms with Crippen molar-refractivity contribution in [2.24, 2.45) is 7.05 Å². The summed E-state index contributed by atoms with van der Waals surface area (Å²) in [5.41, 5.74) is 4.87. The molecule has 2 rings (SSSR count). The molecule has 0 radical (unpaired) electrons. The monoisotopic (exact) mass is 272 g/mol. The summed E-state index contributed by atoms with van der Waals surface area (Å²) in [6.45, 7) is 5.06. The predicted molar refractivity (Wildman–Crippen MR) is 84.6 cm³/mol. The lowest BCUT2D eigenvalue weighted by Crippen LogP contribution is -2.17. The van der Waals surface area contributed by atoms with Gasteiger partial charge < -0.3 is 10.2 Å². The van der Waals surface area contributed by atoms with Gasteiger partial charge in [-0.3, -0.25) is 4.68 Å². The number of aryl methyl sites for hydroxylation is 3. The lowest BCUT2D eigenvalue weighted by atomic mass is 10.1. The van der Waals surface area contributed by atoms with Crippen molar-refractivity contribution in [2.75, 3.05) is 19.0 Å². The summed E-state index contributed by atoms with van der Waals surface area (Å²) >= 11 is 0. The van der Waals surface area contributed by atoms with E-state index < -0.39 is 0 Å². The van der Waals surface area contributed by atoms with Gasteiger partial charge in [0.05, 0.1) is 5.69 Å². The summed E-state index contributed by atoms with van der Waals surface area (Å²) in [6, 6.07) is 8.72. The fraction of sp³-hybridized carbons (Fsp3) is 0.438. The SMILES string of the molecule is CCc1ccc(N(C)c2c(CNC)c(C)nn2C)cc1. The molecule has 4 heteroatoms. The van der Waals surface area contributed by atoms with E-state index in [1.165, 1.54) is 16.8 Å². The zero-order valence-electron chi connectivity index (χ0n) is 13.1. The molecule has 0 saturated carbocycles. The van der Waals surface area contributed by atoms with Crippen LogP contribution in [0.25, 0.3) is 0 Å². The standard InChI is InChI=1S/C16H24N4/c1-6-13-7-9-14(10-8-13)19(4)16-15(11-17-3)12(2)18-20(16)5/h7-10,17H,6,11H2,1-5H3. The van der Waals surface area contributed by atoms with Crippen LogP contribution in [0.2, 0.25) is 0 Å². The smallest absolute Gasteiger partial charge is 0.135 e. The first kappa shape index (κ1) is 14.6. The van der Waals surface area contributed by atoms with Gasteiger partial charge >= 0.3 is 0 Å². The molecular formula is C16H24N4. The van der Waals surface area contributed by atoms with E-state index in [1.54, 1.807) is 0 Å². The van der Waals surface area contributed by atoms with E-state index in [0.29, 0.717) is 0 Å². The molecule has 0 fully saturated rings. The van der Waals surface area contributed by atoms with Crippen LogP contribution in [-0.4, -0.2) is 23.9 Å². The number of nitrogens with one attached hydrogen (secondary N) is 1. The Bertz CT molecular complexity index is 569. The molecular weight excluding hydrogens is 248 g/mol. The first-order chi connectivity index (χ1) is 9.58. The highest BCUT2D eigenvalue weighted by Crippen LogP contribution is 2.28. The van der Waals surface area contributed by atoms with Crippen LogP contribution >= 0.6 is 0 Å². The molecule has 108 valence electrons. The highest BCUT2D eigenvalue weighted by molar-refractivity contribution is 5.63. The van der Waals surface area contributed by atoms with Crippen LogP contribution < -0.4 is 10.2 Å². The van der Waals surface area contributed by atoms with Crippen LogP contribution in [0, 0.1) is 6.92 Å². The van der Waals surface area contributed by atoms with Crippen molar-refractivity contribution in [3.8, 4) is 0 Å². The normalized spacial score (nSPS) is 10.8. The first-order valence-corrected chi connectivity index (χ1v) is 7.08. The highest BCUT2D eigenvalue weighted by Gasteiger charge is 2.17. The molecule has 1 aromatic carbocycles. The van der Waals surface area contributed by atoms with Gasteiger partial charge in [0.15, 0.2) is 0 Å². The van der Waals surface area contributed by atoms with Crippen LogP contribution in [0.4, 0.5) is 11.5 Å². The molecule has 4 nitrogen and oxygen atoms in total. The zero-order valence-corrected chi connectivity index (χ0v) is 13.1. The van der Waals surface area contributed by atoms with Crippen LogP contribution in [-0.2, 0) is 20.0 Å². The third kappa shape index (κ3) is 2.70. The summed E-state index contributed by atoms with van der Waals surface area (Å²) in [5.74, 6) is 1.14. The average Bonchev–Trinajstić information content (AvgIpc) is 2.73. The van der Waals surface area contributed by atoms with Crippen LogP contribution in [0.3, 0.4) is 0 Å². The van der Waals surface area contributed by atoms with Gasteiger partial charge in [0.25, 0.3) is 0 Å². The number of aromatic nitrogens is 2. The number of rotatable bonds is 5. The minimum Gasteiger partial charge on any atom is -0.329 e. The molecule has 0 unspecified atom stereocenters. The highest BCUT2D eigenvalue weighted by atomic mass is 15.4. The van der Waals surface area contributed by atoms with Gasteiger partial charge in [0.1, 0.15) is 5.82 Å². The third-order valence-electron chi connectivity index (χ3n) is 3.72. The maximum Gasteiger partial charge on any atom is 0.135 e. The van der Waals surface area contributed by atoms with Crippen molar-refractivity contribution in [1.82, 2.24) is 15.1 Å². The lowest BCUT2D eigenvalue weighted by Gasteiger charge is -2.21. The summed E-state index contributed by atoms with van der Waals surface area (Å²) in [5, 5.41) is 7.77. The largest absolute Gasteiger partial charge is 0.329 e. The number of nitrogens with zero attached hydrogens (tertiary/aromatic N) is 3. The Labute approximate surface area is 121 Å². The Balaban J connectivity index is 2.38.